The summed E-state index contributed by atoms with van der Waals surface area (Å²) < 4.78 is 0. The molecule has 2 amide bonds. The summed E-state index contributed by atoms with van der Waals surface area (Å²) in [7, 11) is 0. The average molecular weight is 236 g/mol. The molecule has 0 saturated heterocycles. The van der Waals surface area contributed by atoms with Crippen molar-refractivity contribution in [2.45, 2.75) is 19.9 Å². The lowest BCUT2D eigenvalue weighted by Crippen LogP contribution is -2.41. The molecule has 1 aromatic carbocycles. The summed E-state index contributed by atoms with van der Waals surface area (Å²) in [5, 5.41) is 13.4. The zero-order chi connectivity index (χ0) is 12.8. The largest absolute Gasteiger partial charge is 0.465 e. The molecule has 0 heterocycles. The van der Waals surface area contributed by atoms with Crippen molar-refractivity contribution in [3.05, 3.63) is 35.4 Å². The second kappa shape index (κ2) is 5.89. The summed E-state index contributed by atoms with van der Waals surface area (Å²) in [6.45, 7) is 3.89. The van der Waals surface area contributed by atoms with Gasteiger partial charge in [0, 0.05) is 18.2 Å². The van der Waals surface area contributed by atoms with Crippen molar-refractivity contribution in [1.29, 1.82) is 0 Å². The van der Waals surface area contributed by atoms with E-state index in [9.17, 15) is 9.59 Å². The van der Waals surface area contributed by atoms with Crippen LogP contribution in [0.15, 0.2) is 24.3 Å². The molecule has 3 N–H and O–H groups in total. The predicted molar refractivity (Wildman–Crippen MR) is 64.1 cm³/mol. The van der Waals surface area contributed by atoms with Crippen LogP contribution in [-0.4, -0.2) is 29.7 Å². The Morgan fingerprint density at radius 2 is 1.88 bits per heavy atom. The van der Waals surface area contributed by atoms with Gasteiger partial charge in [-0.1, -0.05) is 17.7 Å². The van der Waals surface area contributed by atoms with E-state index in [-0.39, 0.29) is 18.5 Å². The number of nitrogens with one attached hydrogen (secondary N) is 2. The molecule has 5 nitrogen and oxygen atoms in total. The minimum Gasteiger partial charge on any atom is -0.465 e. The first-order chi connectivity index (χ1) is 7.99. The maximum Gasteiger partial charge on any atom is 0.404 e. The van der Waals surface area contributed by atoms with Crippen LogP contribution in [0.3, 0.4) is 0 Å². The summed E-state index contributed by atoms with van der Waals surface area (Å²) in [5.41, 5.74) is 1.65. The Morgan fingerprint density at radius 1 is 1.29 bits per heavy atom. The molecule has 0 aliphatic rings. The number of hydrogen-bond donors (Lipinski definition) is 3. The molecule has 1 aromatic rings. The van der Waals surface area contributed by atoms with Crippen LogP contribution in [0.4, 0.5) is 4.79 Å². The highest BCUT2D eigenvalue weighted by Gasteiger charge is 2.08. The molecule has 1 rings (SSSR count). The molecular weight excluding hydrogens is 220 g/mol. The molecule has 0 fully saturated rings. The molecule has 92 valence electrons. The maximum atomic E-state index is 11.7. The van der Waals surface area contributed by atoms with Crippen molar-refractivity contribution in [3.8, 4) is 0 Å². The number of carboxylic acid groups (broad SMARTS) is 1. The normalized spacial score (nSPS) is 11.6. The van der Waals surface area contributed by atoms with Crippen LogP contribution < -0.4 is 10.6 Å². The Morgan fingerprint density at radius 3 is 2.41 bits per heavy atom. The van der Waals surface area contributed by atoms with Gasteiger partial charge in [-0.25, -0.2) is 4.79 Å². The third kappa shape index (κ3) is 4.55. The fourth-order valence-electron chi connectivity index (χ4n) is 1.31. The molecule has 0 radical (unpaired) electrons. The van der Waals surface area contributed by atoms with Gasteiger partial charge in [-0.3, -0.25) is 4.79 Å². The van der Waals surface area contributed by atoms with Gasteiger partial charge in [0.2, 0.25) is 0 Å². The molecule has 0 spiro atoms. The number of hydrogen-bond acceptors (Lipinski definition) is 2. The van der Waals surface area contributed by atoms with Crippen molar-refractivity contribution in [2.75, 3.05) is 6.54 Å². The Labute approximate surface area is 99.8 Å². The van der Waals surface area contributed by atoms with E-state index in [0.717, 1.165) is 5.56 Å². The molecule has 5 heteroatoms. The van der Waals surface area contributed by atoms with E-state index in [1.54, 1.807) is 19.1 Å². The lowest BCUT2D eigenvalue weighted by molar-refractivity contribution is 0.0949. The maximum absolute atomic E-state index is 11.7. The molecule has 0 aliphatic heterocycles. The number of benzene rings is 1. The van der Waals surface area contributed by atoms with Crippen LogP contribution in [0.1, 0.15) is 22.8 Å². The van der Waals surface area contributed by atoms with Gasteiger partial charge in [-0.2, -0.15) is 0 Å². The molecule has 0 saturated carbocycles. The summed E-state index contributed by atoms with van der Waals surface area (Å²) in [4.78, 5) is 22.0. The van der Waals surface area contributed by atoms with Crippen molar-refractivity contribution < 1.29 is 14.7 Å². The first-order valence-corrected chi connectivity index (χ1v) is 5.33. The minimum absolute atomic E-state index is 0.205. The summed E-state index contributed by atoms with van der Waals surface area (Å²) in [6, 6.07) is 6.86. The highest BCUT2D eigenvalue weighted by Crippen LogP contribution is 2.02. The van der Waals surface area contributed by atoms with E-state index in [1.165, 1.54) is 0 Å². The molecule has 0 bridgehead atoms. The summed E-state index contributed by atoms with van der Waals surface area (Å²) >= 11 is 0. The molecular formula is C12H16N2O3. The molecule has 17 heavy (non-hydrogen) atoms. The zero-order valence-electron chi connectivity index (χ0n) is 9.86. The van der Waals surface area contributed by atoms with Crippen LogP contribution in [-0.2, 0) is 0 Å². The molecule has 1 atom stereocenters. The lowest BCUT2D eigenvalue weighted by atomic mass is 10.1. The van der Waals surface area contributed by atoms with Crippen LogP contribution in [0.5, 0.6) is 0 Å². The van der Waals surface area contributed by atoms with Crippen LogP contribution in [0, 0.1) is 6.92 Å². The number of rotatable bonds is 4. The fraction of sp³-hybridized carbons (Fsp3) is 0.333. The standard InChI is InChI=1S/C12H16N2O3/c1-8-3-5-10(6-4-8)11(15)13-7-9(2)14-12(16)17/h3-6,9,14H,7H2,1-2H3,(H,13,15)(H,16,17). The Balaban J connectivity index is 2.44. The topological polar surface area (TPSA) is 78.4 Å². The Bertz CT molecular complexity index is 401. The van der Waals surface area contributed by atoms with E-state index in [1.807, 2.05) is 19.1 Å². The van der Waals surface area contributed by atoms with Crippen molar-refractivity contribution in [2.24, 2.45) is 0 Å². The number of carbonyl (C=O) groups excluding carboxylic acids is 1. The third-order valence-electron chi connectivity index (χ3n) is 2.25. The van der Waals surface area contributed by atoms with Gasteiger partial charge in [0.05, 0.1) is 0 Å². The number of amides is 2. The second-order valence-corrected chi connectivity index (χ2v) is 3.93. The fourth-order valence-corrected chi connectivity index (χ4v) is 1.31. The highest BCUT2D eigenvalue weighted by molar-refractivity contribution is 5.94. The van der Waals surface area contributed by atoms with Gasteiger partial charge in [0.25, 0.3) is 5.91 Å². The van der Waals surface area contributed by atoms with Gasteiger partial charge in [0.15, 0.2) is 0 Å². The zero-order valence-corrected chi connectivity index (χ0v) is 9.86. The molecule has 1 unspecified atom stereocenters. The number of aryl methyl sites for hydroxylation is 1. The van der Waals surface area contributed by atoms with Crippen molar-refractivity contribution in [3.63, 3.8) is 0 Å². The predicted octanol–water partition coefficient (Wildman–Crippen LogP) is 1.38. The highest BCUT2D eigenvalue weighted by atomic mass is 16.4. The minimum atomic E-state index is -1.10. The van der Waals surface area contributed by atoms with Gasteiger partial charge >= 0.3 is 6.09 Å². The van der Waals surface area contributed by atoms with Crippen LogP contribution >= 0.6 is 0 Å². The van der Waals surface area contributed by atoms with Gasteiger partial charge < -0.3 is 15.7 Å². The SMILES string of the molecule is Cc1ccc(C(=O)NCC(C)NC(=O)O)cc1. The van der Waals surface area contributed by atoms with Gasteiger partial charge in [0.1, 0.15) is 0 Å². The average Bonchev–Trinajstić information content (AvgIpc) is 2.26. The van der Waals surface area contributed by atoms with E-state index in [4.69, 9.17) is 5.11 Å². The van der Waals surface area contributed by atoms with Gasteiger partial charge in [-0.15, -0.1) is 0 Å². The van der Waals surface area contributed by atoms with E-state index < -0.39 is 6.09 Å². The molecule has 0 aliphatic carbocycles. The quantitative estimate of drug-likeness (QED) is 0.739. The second-order valence-electron chi connectivity index (χ2n) is 3.93. The Hall–Kier alpha value is -2.04. The summed E-state index contributed by atoms with van der Waals surface area (Å²) in [5.74, 6) is -0.205. The van der Waals surface area contributed by atoms with Crippen LogP contribution in [0.25, 0.3) is 0 Å². The first kappa shape index (κ1) is 13.0. The Kier molecular flexibility index (Phi) is 4.51. The lowest BCUT2D eigenvalue weighted by Gasteiger charge is -2.12. The van der Waals surface area contributed by atoms with Crippen LogP contribution in [0.2, 0.25) is 0 Å². The van der Waals surface area contributed by atoms with Gasteiger partial charge in [-0.05, 0) is 26.0 Å². The van der Waals surface area contributed by atoms with E-state index in [0.29, 0.717) is 5.56 Å². The monoisotopic (exact) mass is 236 g/mol. The summed E-state index contributed by atoms with van der Waals surface area (Å²) in [6.07, 6.45) is -1.10. The van der Waals surface area contributed by atoms with Crippen molar-refractivity contribution >= 4 is 12.0 Å². The van der Waals surface area contributed by atoms with E-state index >= 15 is 0 Å². The first-order valence-electron chi connectivity index (χ1n) is 5.33. The van der Waals surface area contributed by atoms with Crippen molar-refractivity contribution in [1.82, 2.24) is 10.6 Å². The number of carbonyl (C=O) groups is 2. The molecule has 0 aromatic heterocycles. The smallest absolute Gasteiger partial charge is 0.404 e. The third-order valence-corrected chi connectivity index (χ3v) is 2.25. The van der Waals surface area contributed by atoms with E-state index in [2.05, 4.69) is 10.6 Å².